The van der Waals surface area contributed by atoms with Gasteiger partial charge in [-0.2, -0.15) is 0 Å². The second-order valence-electron chi connectivity index (χ2n) is 21.0. The molecule has 0 saturated carbocycles. The SMILES string of the molecule is CCCCC/C=C\C/C=C\C/C=C\C/C=C\CCCCCC(=O)OC[C@H](COC(=O)CCCCCCCCCCCCC/C=C\CCCCCCCC)OC(=O)CCC/C=C\C/C=C\C/C=C\CCCCCCCC. The van der Waals surface area contributed by atoms with Crippen molar-refractivity contribution < 1.29 is 28.6 Å². The van der Waals surface area contributed by atoms with Crippen molar-refractivity contribution >= 4 is 17.9 Å². The molecule has 6 heteroatoms. The van der Waals surface area contributed by atoms with Crippen LogP contribution in [0.2, 0.25) is 0 Å². The topological polar surface area (TPSA) is 78.9 Å². The summed E-state index contributed by atoms with van der Waals surface area (Å²) in [5.41, 5.74) is 0. The third-order valence-electron chi connectivity index (χ3n) is 13.5. The van der Waals surface area contributed by atoms with Gasteiger partial charge in [-0.3, -0.25) is 14.4 Å². The lowest BCUT2D eigenvalue weighted by molar-refractivity contribution is -0.167. The van der Waals surface area contributed by atoms with Gasteiger partial charge in [0.15, 0.2) is 6.10 Å². The maximum atomic E-state index is 12.9. The van der Waals surface area contributed by atoms with Gasteiger partial charge in [-0.1, -0.05) is 259 Å². The zero-order chi connectivity index (χ0) is 54.3. The number of hydrogen-bond donors (Lipinski definition) is 0. The second kappa shape index (κ2) is 62.9. The van der Waals surface area contributed by atoms with Crippen molar-refractivity contribution in [2.45, 2.75) is 309 Å². The van der Waals surface area contributed by atoms with Crippen LogP contribution in [-0.4, -0.2) is 37.2 Å². The van der Waals surface area contributed by atoms with Crippen molar-refractivity contribution in [3.8, 4) is 0 Å². The van der Waals surface area contributed by atoms with E-state index >= 15 is 0 Å². The Morgan fingerprint density at radius 1 is 0.267 bits per heavy atom. The fraction of sp³-hybridized carbons (Fsp3) is 0.725. The van der Waals surface area contributed by atoms with E-state index in [9.17, 15) is 14.4 Å². The third kappa shape index (κ3) is 61.1. The largest absolute Gasteiger partial charge is 0.462 e. The Morgan fingerprint density at radius 3 is 0.840 bits per heavy atom. The highest BCUT2D eigenvalue weighted by molar-refractivity contribution is 5.71. The van der Waals surface area contributed by atoms with E-state index in [4.69, 9.17) is 14.2 Å². The van der Waals surface area contributed by atoms with Crippen molar-refractivity contribution in [1.29, 1.82) is 0 Å². The van der Waals surface area contributed by atoms with Gasteiger partial charge < -0.3 is 14.2 Å². The number of hydrogen-bond acceptors (Lipinski definition) is 6. The summed E-state index contributed by atoms with van der Waals surface area (Å²) in [7, 11) is 0. The summed E-state index contributed by atoms with van der Waals surface area (Å²) < 4.78 is 16.9. The predicted molar refractivity (Wildman–Crippen MR) is 325 cm³/mol. The predicted octanol–water partition coefficient (Wildman–Crippen LogP) is 21.7. The van der Waals surface area contributed by atoms with Crippen molar-refractivity contribution in [2.75, 3.05) is 13.2 Å². The van der Waals surface area contributed by atoms with Crippen LogP contribution in [0, 0.1) is 0 Å². The van der Waals surface area contributed by atoms with E-state index in [0.717, 1.165) is 83.5 Å². The second-order valence-corrected chi connectivity index (χ2v) is 21.0. The van der Waals surface area contributed by atoms with E-state index in [1.165, 1.54) is 173 Å². The van der Waals surface area contributed by atoms with Crippen LogP contribution in [0.1, 0.15) is 303 Å². The number of allylic oxidation sites excluding steroid dienone is 16. The number of rotatable bonds is 57. The van der Waals surface area contributed by atoms with Gasteiger partial charge in [-0.15, -0.1) is 0 Å². The van der Waals surface area contributed by atoms with Crippen molar-refractivity contribution in [3.63, 3.8) is 0 Å². The zero-order valence-electron chi connectivity index (χ0n) is 49.3. The number of unbranched alkanes of at least 4 members (excludes halogenated alkanes) is 30. The minimum Gasteiger partial charge on any atom is -0.462 e. The van der Waals surface area contributed by atoms with Gasteiger partial charge in [0.2, 0.25) is 0 Å². The van der Waals surface area contributed by atoms with E-state index in [0.29, 0.717) is 19.3 Å². The first-order valence-electron chi connectivity index (χ1n) is 31.7. The fourth-order valence-electron chi connectivity index (χ4n) is 8.73. The molecule has 0 aliphatic heterocycles. The van der Waals surface area contributed by atoms with Crippen LogP contribution >= 0.6 is 0 Å². The van der Waals surface area contributed by atoms with Gasteiger partial charge in [0, 0.05) is 19.3 Å². The number of ether oxygens (including phenoxy) is 3. The molecule has 6 nitrogen and oxygen atoms in total. The highest BCUT2D eigenvalue weighted by Gasteiger charge is 2.19. The van der Waals surface area contributed by atoms with Gasteiger partial charge >= 0.3 is 17.9 Å². The first kappa shape index (κ1) is 71.3. The molecule has 0 spiro atoms. The Bertz CT molecular complexity index is 1480. The number of carbonyl (C=O) groups is 3. The van der Waals surface area contributed by atoms with Crippen LogP contribution in [0.5, 0.6) is 0 Å². The van der Waals surface area contributed by atoms with Gasteiger partial charge in [-0.05, 0) is 122 Å². The van der Waals surface area contributed by atoms with Crippen LogP contribution in [0.25, 0.3) is 0 Å². The van der Waals surface area contributed by atoms with E-state index in [-0.39, 0.29) is 37.5 Å². The minimum absolute atomic E-state index is 0.108. The Morgan fingerprint density at radius 2 is 0.493 bits per heavy atom. The summed E-state index contributed by atoms with van der Waals surface area (Å²) in [5, 5.41) is 0. The lowest BCUT2D eigenvalue weighted by Gasteiger charge is -2.18. The lowest BCUT2D eigenvalue weighted by atomic mass is 10.0. The standard InChI is InChI=1S/C69H118O6/c1-4-7-10-13-16-19-22-25-28-31-33-34-36-39-41-44-47-50-53-56-59-62-68(71)74-65-66(75-69(72)63-60-57-54-51-48-45-42-37-30-27-24-21-18-15-12-9-6-3)64-73-67(70)61-58-55-52-49-46-43-40-38-35-32-29-26-23-20-17-14-11-8-5-2/h17,20,25-30,35,38,42-43,45-46,51,54,66H,4-16,18-19,21-24,31-34,36-37,39-41,44,47-50,52-53,55-65H2,1-3H3/b20-17-,28-25-,29-26-,30-27-,38-35-,45-42-,46-43-,54-51-/t66-/m1/s1. The third-order valence-corrected chi connectivity index (χ3v) is 13.5. The Kier molecular flexibility index (Phi) is 59.8. The van der Waals surface area contributed by atoms with E-state index in [1.54, 1.807) is 0 Å². The molecule has 0 amide bonds. The Hall–Kier alpha value is -3.67. The van der Waals surface area contributed by atoms with Crippen LogP contribution < -0.4 is 0 Å². The first-order chi connectivity index (χ1) is 37.0. The highest BCUT2D eigenvalue weighted by Crippen LogP contribution is 2.15. The van der Waals surface area contributed by atoms with Gasteiger partial charge in [0.25, 0.3) is 0 Å². The maximum absolute atomic E-state index is 12.9. The number of esters is 3. The summed E-state index contributed by atoms with van der Waals surface area (Å²) in [5.74, 6) is -0.985. The summed E-state index contributed by atoms with van der Waals surface area (Å²) in [4.78, 5) is 38.3. The van der Waals surface area contributed by atoms with E-state index in [2.05, 4.69) is 118 Å². The molecule has 0 rings (SSSR count). The molecule has 0 aromatic heterocycles. The molecule has 75 heavy (non-hydrogen) atoms. The van der Waals surface area contributed by atoms with Crippen LogP contribution in [0.3, 0.4) is 0 Å². The molecule has 0 aromatic carbocycles. The molecule has 0 unspecified atom stereocenters. The summed E-state index contributed by atoms with van der Waals surface area (Å²) in [6.07, 6.45) is 84.1. The van der Waals surface area contributed by atoms with Gasteiger partial charge in [-0.25, -0.2) is 0 Å². The average Bonchev–Trinajstić information content (AvgIpc) is 3.41. The molecule has 0 heterocycles. The van der Waals surface area contributed by atoms with Crippen molar-refractivity contribution in [2.24, 2.45) is 0 Å². The average molecular weight is 1040 g/mol. The fourth-order valence-corrected chi connectivity index (χ4v) is 8.73. The van der Waals surface area contributed by atoms with Gasteiger partial charge in [0.1, 0.15) is 13.2 Å². The molecular formula is C69H118O6. The van der Waals surface area contributed by atoms with Gasteiger partial charge in [0.05, 0.1) is 0 Å². The summed E-state index contributed by atoms with van der Waals surface area (Å²) >= 11 is 0. The van der Waals surface area contributed by atoms with E-state index in [1.807, 2.05) is 0 Å². The van der Waals surface area contributed by atoms with Crippen LogP contribution in [-0.2, 0) is 28.6 Å². The summed E-state index contributed by atoms with van der Waals surface area (Å²) in [6.45, 7) is 6.56. The molecule has 0 aliphatic carbocycles. The van der Waals surface area contributed by atoms with E-state index < -0.39 is 6.10 Å². The van der Waals surface area contributed by atoms with Crippen LogP contribution in [0.4, 0.5) is 0 Å². The van der Waals surface area contributed by atoms with Crippen molar-refractivity contribution in [3.05, 3.63) is 97.2 Å². The molecule has 0 saturated heterocycles. The van der Waals surface area contributed by atoms with Crippen LogP contribution in [0.15, 0.2) is 97.2 Å². The zero-order valence-corrected chi connectivity index (χ0v) is 49.3. The molecule has 0 N–H and O–H groups in total. The first-order valence-corrected chi connectivity index (χ1v) is 31.7. The molecule has 0 radical (unpaired) electrons. The minimum atomic E-state index is -0.819. The lowest BCUT2D eigenvalue weighted by Crippen LogP contribution is -2.30. The molecule has 1 atom stereocenters. The smallest absolute Gasteiger partial charge is 0.306 e. The molecule has 0 bridgehead atoms. The Balaban J connectivity index is 4.48. The maximum Gasteiger partial charge on any atom is 0.306 e. The van der Waals surface area contributed by atoms with Crippen molar-refractivity contribution in [1.82, 2.24) is 0 Å². The normalized spacial score (nSPS) is 12.7. The molecule has 0 fully saturated rings. The number of carbonyl (C=O) groups excluding carboxylic acids is 3. The molecule has 0 aromatic rings. The summed E-state index contributed by atoms with van der Waals surface area (Å²) in [6, 6.07) is 0. The monoisotopic (exact) mass is 1040 g/mol. The Labute approximate surface area is 464 Å². The molecular weight excluding hydrogens is 925 g/mol. The quantitative estimate of drug-likeness (QED) is 0.0261. The highest BCUT2D eigenvalue weighted by atomic mass is 16.6. The molecule has 0 aliphatic rings. The molecule has 430 valence electrons.